The van der Waals surface area contributed by atoms with Crippen LogP contribution in [-0.2, 0) is 14.8 Å². The highest BCUT2D eigenvalue weighted by Gasteiger charge is 2.37. The minimum atomic E-state index is -3.78. The van der Waals surface area contributed by atoms with Gasteiger partial charge in [-0.2, -0.15) is 5.26 Å². The molecule has 7 nitrogen and oxygen atoms in total. The molecular weight excluding hydrogens is 342 g/mol. The average Bonchev–Trinajstić information content (AvgIpc) is 2.73. The van der Waals surface area contributed by atoms with Crippen LogP contribution in [0.15, 0.2) is 18.2 Å². The molecule has 0 bridgehead atoms. The molecule has 1 aromatic carbocycles. The molecule has 0 spiro atoms. The zero-order chi connectivity index (χ0) is 17.4. The van der Waals surface area contributed by atoms with Crippen molar-refractivity contribution in [1.29, 1.82) is 5.26 Å². The molecule has 1 heterocycles. The zero-order valence-electron chi connectivity index (χ0n) is 12.5. The number of amides is 2. The number of hydrogen-bond acceptors (Lipinski definition) is 5. The summed E-state index contributed by atoms with van der Waals surface area (Å²) in [7, 11) is -3.78. The molecule has 9 heteroatoms. The summed E-state index contributed by atoms with van der Waals surface area (Å²) in [5, 5.41) is 11.5. The molecule has 1 saturated heterocycles. The molecule has 0 saturated carbocycles. The molecule has 1 aliphatic heterocycles. The van der Waals surface area contributed by atoms with Crippen LogP contribution in [0.3, 0.4) is 0 Å². The normalized spacial score (nSPS) is 17.0. The molecule has 23 heavy (non-hydrogen) atoms. The fraction of sp³-hybridized carbons (Fsp3) is 0.357. The Morgan fingerprint density at radius 1 is 1.43 bits per heavy atom. The summed E-state index contributed by atoms with van der Waals surface area (Å²) in [6.45, 7) is 3.05. The van der Waals surface area contributed by atoms with Crippen LogP contribution in [0.2, 0.25) is 5.02 Å². The van der Waals surface area contributed by atoms with E-state index in [1.54, 1.807) is 0 Å². The minimum Gasteiger partial charge on any atom is -0.334 e. The molecule has 122 valence electrons. The number of sulfonamides is 1. The molecule has 1 N–H and O–H groups in total. The van der Waals surface area contributed by atoms with Crippen molar-refractivity contribution in [2.24, 2.45) is 0 Å². The van der Waals surface area contributed by atoms with Crippen molar-refractivity contribution in [1.82, 2.24) is 5.32 Å². The lowest BCUT2D eigenvalue weighted by Crippen LogP contribution is -2.42. The summed E-state index contributed by atoms with van der Waals surface area (Å²) in [5.74, 6) is -1.46. The number of nitrogens with one attached hydrogen (secondary N) is 1. The molecule has 2 rings (SSSR count). The van der Waals surface area contributed by atoms with Gasteiger partial charge in [-0.1, -0.05) is 11.6 Å². The van der Waals surface area contributed by atoms with Gasteiger partial charge >= 0.3 is 0 Å². The Morgan fingerprint density at radius 2 is 2.09 bits per heavy atom. The second-order valence-electron chi connectivity index (χ2n) is 5.58. The number of nitriles is 1. The Hall–Kier alpha value is -2.11. The first-order chi connectivity index (χ1) is 10.6. The number of carbonyl (C=O) groups excluding carboxylic acids is 2. The number of halogens is 1. The summed E-state index contributed by atoms with van der Waals surface area (Å²) in [6.07, 6.45) is -0.128. The highest BCUT2D eigenvalue weighted by atomic mass is 35.5. The van der Waals surface area contributed by atoms with Crippen molar-refractivity contribution in [3.63, 3.8) is 0 Å². The summed E-state index contributed by atoms with van der Waals surface area (Å²) in [6, 6.07) is 5.88. The van der Waals surface area contributed by atoms with E-state index in [0.717, 1.165) is 0 Å². The maximum Gasteiger partial charge on any atom is 0.252 e. The van der Waals surface area contributed by atoms with Gasteiger partial charge in [0.15, 0.2) is 0 Å². The lowest BCUT2D eigenvalue weighted by Gasteiger charge is -2.20. The van der Waals surface area contributed by atoms with Crippen molar-refractivity contribution in [3.8, 4) is 6.07 Å². The number of nitrogens with zero attached hydrogens (tertiary/aromatic N) is 2. The number of hydrogen-bond donors (Lipinski definition) is 1. The Kier molecular flexibility index (Phi) is 4.37. The molecular formula is C14H14ClN3O4S. The van der Waals surface area contributed by atoms with Crippen LogP contribution >= 0.6 is 11.6 Å². The van der Waals surface area contributed by atoms with E-state index in [1.807, 2.05) is 6.07 Å². The van der Waals surface area contributed by atoms with Crippen LogP contribution in [0.4, 0.5) is 5.69 Å². The SMILES string of the molecule is CC(C)(C#N)NC(=O)c1ccc(Cl)c(N2C(=O)CCS2(=O)=O)c1. The van der Waals surface area contributed by atoms with E-state index in [4.69, 9.17) is 16.9 Å². The van der Waals surface area contributed by atoms with Crippen molar-refractivity contribution >= 4 is 39.1 Å². The predicted molar refractivity (Wildman–Crippen MR) is 84.5 cm³/mol. The highest BCUT2D eigenvalue weighted by molar-refractivity contribution is 7.94. The first kappa shape index (κ1) is 17.2. The van der Waals surface area contributed by atoms with E-state index < -0.39 is 27.4 Å². The standard InChI is InChI=1S/C14H14ClN3O4S/c1-14(2,8-16)17-13(20)9-3-4-10(15)11(7-9)18-12(19)5-6-23(18,21)22/h3-4,7H,5-6H2,1-2H3,(H,17,20). The van der Waals surface area contributed by atoms with Crippen LogP contribution in [0.25, 0.3) is 0 Å². The molecule has 0 aromatic heterocycles. The largest absolute Gasteiger partial charge is 0.334 e. The topological polar surface area (TPSA) is 107 Å². The Balaban J connectivity index is 2.43. The van der Waals surface area contributed by atoms with Gasteiger partial charge in [0.25, 0.3) is 5.91 Å². The van der Waals surface area contributed by atoms with Gasteiger partial charge in [0, 0.05) is 12.0 Å². The average molecular weight is 356 g/mol. The number of rotatable bonds is 3. The Morgan fingerprint density at radius 3 is 2.61 bits per heavy atom. The maximum atomic E-state index is 12.2. The molecule has 0 radical (unpaired) electrons. The van der Waals surface area contributed by atoms with Crippen molar-refractivity contribution < 1.29 is 18.0 Å². The summed E-state index contributed by atoms with van der Waals surface area (Å²) >= 11 is 5.99. The van der Waals surface area contributed by atoms with Gasteiger partial charge in [0.2, 0.25) is 15.9 Å². The van der Waals surface area contributed by atoms with E-state index >= 15 is 0 Å². The van der Waals surface area contributed by atoms with Crippen molar-refractivity contribution in [3.05, 3.63) is 28.8 Å². The van der Waals surface area contributed by atoms with Gasteiger partial charge in [0.1, 0.15) is 5.54 Å². The van der Waals surface area contributed by atoms with Gasteiger partial charge < -0.3 is 5.32 Å². The third-order valence-electron chi connectivity index (χ3n) is 3.21. The number of benzene rings is 1. The van der Waals surface area contributed by atoms with Crippen molar-refractivity contribution in [2.45, 2.75) is 25.8 Å². The van der Waals surface area contributed by atoms with Gasteiger partial charge in [0.05, 0.1) is 22.5 Å². The quantitative estimate of drug-likeness (QED) is 0.882. The summed E-state index contributed by atoms with van der Waals surface area (Å²) in [4.78, 5) is 24.0. The van der Waals surface area contributed by atoms with E-state index in [1.165, 1.54) is 32.0 Å². The van der Waals surface area contributed by atoms with E-state index in [2.05, 4.69) is 5.32 Å². The molecule has 2 amide bonds. The van der Waals surface area contributed by atoms with Gasteiger partial charge in [-0.25, -0.2) is 12.7 Å². The minimum absolute atomic E-state index is 0.0416. The van der Waals surface area contributed by atoms with Gasteiger partial charge in [-0.05, 0) is 32.0 Å². The predicted octanol–water partition coefficient (Wildman–Crippen LogP) is 1.44. The first-order valence-corrected chi connectivity index (χ1v) is 8.65. The van der Waals surface area contributed by atoms with Crippen LogP contribution < -0.4 is 9.62 Å². The maximum absolute atomic E-state index is 12.2. The lowest BCUT2D eigenvalue weighted by molar-refractivity contribution is -0.116. The second kappa shape index (κ2) is 5.83. The first-order valence-electron chi connectivity index (χ1n) is 6.66. The molecule has 0 atom stereocenters. The molecule has 1 fully saturated rings. The fourth-order valence-corrected chi connectivity index (χ4v) is 3.76. The number of anilines is 1. The highest BCUT2D eigenvalue weighted by Crippen LogP contribution is 2.32. The second-order valence-corrected chi connectivity index (χ2v) is 7.93. The monoisotopic (exact) mass is 355 g/mol. The summed E-state index contributed by atoms with van der Waals surface area (Å²) < 4.78 is 24.6. The lowest BCUT2D eigenvalue weighted by atomic mass is 10.1. The van der Waals surface area contributed by atoms with Crippen LogP contribution in [-0.4, -0.2) is 31.5 Å². The van der Waals surface area contributed by atoms with Crippen LogP contribution in [0.1, 0.15) is 30.6 Å². The molecule has 0 aliphatic carbocycles. The summed E-state index contributed by atoms with van der Waals surface area (Å²) in [5.41, 5.74) is -1.05. The third kappa shape index (κ3) is 3.46. The van der Waals surface area contributed by atoms with Crippen molar-refractivity contribution in [2.75, 3.05) is 10.1 Å². The fourth-order valence-electron chi connectivity index (χ4n) is 2.04. The van der Waals surface area contributed by atoms with Crippen LogP contribution in [0.5, 0.6) is 0 Å². The molecule has 0 unspecified atom stereocenters. The molecule has 1 aliphatic rings. The Labute approximate surface area is 138 Å². The van der Waals surface area contributed by atoms with Gasteiger partial charge in [-0.15, -0.1) is 0 Å². The van der Waals surface area contributed by atoms with Gasteiger partial charge in [-0.3, -0.25) is 9.59 Å². The smallest absolute Gasteiger partial charge is 0.252 e. The van der Waals surface area contributed by atoms with Crippen LogP contribution in [0, 0.1) is 11.3 Å². The third-order valence-corrected chi connectivity index (χ3v) is 5.21. The zero-order valence-corrected chi connectivity index (χ0v) is 14.0. The molecule has 1 aromatic rings. The van der Waals surface area contributed by atoms with E-state index in [9.17, 15) is 18.0 Å². The van der Waals surface area contributed by atoms with E-state index in [-0.39, 0.29) is 28.4 Å². The van der Waals surface area contributed by atoms with E-state index in [0.29, 0.717) is 4.31 Å². The Bertz CT molecular complexity index is 827. The number of carbonyl (C=O) groups is 2.